The Kier molecular flexibility index (Phi) is 3.88. The summed E-state index contributed by atoms with van der Waals surface area (Å²) in [6.07, 6.45) is 1.50. The molecule has 0 aromatic carbocycles. The van der Waals surface area contributed by atoms with Gasteiger partial charge in [-0.25, -0.2) is 13.4 Å². The predicted octanol–water partition coefficient (Wildman–Crippen LogP) is 0.553. The molecule has 1 fully saturated rings. The number of sulfonamides is 1. The Hall–Kier alpha value is -1.41. The van der Waals surface area contributed by atoms with Gasteiger partial charge in [-0.2, -0.15) is 4.31 Å². The molecule has 2 rings (SSSR count). The van der Waals surface area contributed by atoms with Gasteiger partial charge < -0.3 is 9.67 Å². The fourth-order valence-corrected chi connectivity index (χ4v) is 4.06. The molecule has 20 heavy (non-hydrogen) atoms. The molecule has 1 aliphatic rings. The third-order valence-electron chi connectivity index (χ3n) is 3.79. The van der Waals surface area contributed by atoms with Gasteiger partial charge in [0.05, 0.1) is 5.92 Å². The molecule has 0 amide bonds. The van der Waals surface area contributed by atoms with E-state index >= 15 is 0 Å². The highest BCUT2D eigenvalue weighted by molar-refractivity contribution is 7.89. The van der Waals surface area contributed by atoms with Gasteiger partial charge in [0, 0.05) is 25.8 Å². The van der Waals surface area contributed by atoms with Crippen LogP contribution in [0.2, 0.25) is 0 Å². The molecule has 1 aromatic heterocycles. The van der Waals surface area contributed by atoms with Gasteiger partial charge in [0.15, 0.2) is 5.03 Å². The number of carboxylic acids is 1. The van der Waals surface area contributed by atoms with Crippen molar-refractivity contribution in [3.63, 3.8) is 0 Å². The molecule has 1 N–H and O–H groups in total. The number of carbonyl (C=O) groups is 1. The lowest BCUT2D eigenvalue weighted by molar-refractivity contribution is -0.142. The maximum Gasteiger partial charge on any atom is 0.308 e. The second-order valence-electron chi connectivity index (χ2n) is 5.16. The van der Waals surface area contributed by atoms with Gasteiger partial charge in [-0.1, -0.05) is 6.92 Å². The summed E-state index contributed by atoms with van der Waals surface area (Å²) in [6, 6.07) is 0. The maximum absolute atomic E-state index is 12.5. The molecule has 2 atom stereocenters. The number of hydrogen-bond donors (Lipinski definition) is 1. The van der Waals surface area contributed by atoms with E-state index in [-0.39, 0.29) is 24.0 Å². The molecule has 0 saturated carbocycles. The Labute approximate surface area is 118 Å². The van der Waals surface area contributed by atoms with Crippen molar-refractivity contribution in [1.29, 1.82) is 0 Å². The molecule has 0 aliphatic carbocycles. The summed E-state index contributed by atoms with van der Waals surface area (Å²) in [4.78, 5) is 15.2. The summed E-state index contributed by atoms with van der Waals surface area (Å²) in [5.74, 6) is -1.17. The molecule has 1 aliphatic heterocycles. The largest absolute Gasteiger partial charge is 0.481 e. The fourth-order valence-electron chi connectivity index (χ4n) is 2.50. The Morgan fingerprint density at radius 2 is 2.15 bits per heavy atom. The van der Waals surface area contributed by atoms with Crippen LogP contribution in [-0.4, -0.2) is 46.4 Å². The van der Waals surface area contributed by atoms with E-state index in [1.54, 1.807) is 18.4 Å². The molecule has 0 spiro atoms. The average Bonchev–Trinajstić information content (AvgIpc) is 2.93. The van der Waals surface area contributed by atoms with Gasteiger partial charge in [0.25, 0.3) is 10.0 Å². The van der Waals surface area contributed by atoms with Crippen molar-refractivity contribution in [2.24, 2.45) is 11.8 Å². The quantitative estimate of drug-likeness (QED) is 0.877. The first-order valence-corrected chi connectivity index (χ1v) is 7.98. The van der Waals surface area contributed by atoms with Crippen LogP contribution < -0.4 is 0 Å². The van der Waals surface area contributed by atoms with Crippen LogP contribution in [0.15, 0.2) is 11.2 Å². The number of hydrogen-bond acceptors (Lipinski definition) is 4. The lowest BCUT2D eigenvalue weighted by Crippen LogP contribution is -2.30. The third kappa shape index (κ3) is 2.45. The van der Waals surface area contributed by atoms with E-state index in [4.69, 9.17) is 5.11 Å². The monoisotopic (exact) mass is 301 g/mol. The van der Waals surface area contributed by atoms with Crippen molar-refractivity contribution in [3.8, 4) is 0 Å². The zero-order chi connectivity index (χ0) is 15.1. The number of carboxylic acid groups (broad SMARTS) is 1. The lowest BCUT2D eigenvalue weighted by Gasteiger charge is -2.13. The Morgan fingerprint density at radius 3 is 2.60 bits per heavy atom. The molecule has 112 valence electrons. The van der Waals surface area contributed by atoms with Crippen molar-refractivity contribution >= 4 is 16.0 Å². The van der Waals surface area contributed by atoms with Crippen LogP contribution in [0, 0.1) is 18.8 Å². The first-order valence-electron chi connectivity index (χ1n) is 6.54. The number of rotatable bonds is 4. The predicted molar refractivity (Wildman–Crippen MR) is 71.7 cm³/mol. The van der Waals surface area contributed by atoms with Crippen LogP contribution in [0.5, 0.6) is 0 Å². The molecular formula is C12H19N3O4S. The normalized spacial score (nSPS) is 24.1. The molecule has 1 saturated heterocycles. The Balaban J connectivity index is 2.29. The van der Waals surface area contributed by atoms with E-state index < -0.39 is 21.9 Å². The SMILES string of the molecule is CCn1cc(S(=O)(=O)N2C[C@@H](C)[C@H](C(=O)O)C2)nc1C. The van der Waals surface area contributed by atoms with Crippen LogP contribution in [-0.2, 0) is 21.4 Å². The fraction of sp³-hybridized carbons (Fsp3) is 0.667. The highest BCUT2D eigenvalue weighted by Gasteiger charge is 2.41. The first kappa shape index (κ1) is 15.0. The summed E-state index contributed by atoms with van der Waals surface area (Å²) in [6.45, 7) is 6.28. The van der Waals surface area contributed by atoms with Crippen LogP contribution in [0.25, 0.3) is 0 Å². The molecule has 1 aromatic rings. The Bertz CT molecular complexity index is 623. The van der Waals surface area contributed by atoms with Crippen molar-refractivity contribution in [2.45, 2.75) is 32.3 Å². The highest BCUT2D eigenvalue weighted by Crippen LogP contribution is 2.28. The molecule has 0 radical (unpaired) electrons. The van der Waals surface area contributed by atoms with Crippen LogP contribution >= 0.6 is 0 Å². The number of aromatic nitrogens is 2. The minimum Gasteiger partial charge on any atom is -0.481 e. The van der Waals surface area contributed by atoms with Gasteiger partial charge in [0.1, 0.15) is 5.82 Å². The number of nitrogens with zero attached hydrogens (tertiary/aromatic N) is 3. The number of aryl methyl sites for hydroxylation is 2. The van der Waals surface area contributed by atoms with E-state index in [9.17, 15) is 13.2 Å². The molecule has 8 heteroatoms. The standard InChI is InChI=1S/C12H19N3O4S/c1-4-14-7-11(13-9(14)3)20(18,19)15-5-8(2)10(6-15)12(16)17/h7-8,10H,4-6H2,1-3H3,(H,16,17)/t8-,10-/m1/s1. The highest BCUT2D eigenvalue weighted by atomic mass is 32.2. The average molecular weight is 301 g/mol. The smallest absolute Gasteiger partial charge is 0.308 e. The van der Waals surface area contributed by atoms with Crippen molar-refractivity contribution in [1.82, 2.24) is 13.9 Å². The van der Waals surface area contributed by atoms with E-state index in [1.165, 1.54) is 10.5 Å². The van der Waals surface area contributed by atoms with E-state index in [0.717, 1.165) is 0 Å². The van der Waals surface area contributed by atoms with Crippen molar-refractivity contribution < 1.29 is 18.3 Å². The topological polar surface area (TPSA) is 92.5 Å². The van der Waals surface area contributed by atoms with Gasteiger partial charge in [0.2, 0.25) is 0 Å². The maximum atomic E-state index is 12.5. The minimum atomic E-state index is -3.71. The summed E-state index contributed by atoms with van der Waals surface area (Å²) in [7, 11) is -3.71. The second-order valence-corrected chi connectivity index (χ2v) is 7.04. The van der Waals surface area contributed by atoms with Gasteiger partial charge in [-0.3, -0.25) is 4.79 Å². The van der Waals surface area contributed by atoms with E-state index in [2.05, 4.69) is 4.98 Å². The zero-order valence-corrected chi connectivity index (χ0v) is 12.6. The van der Waals surface area contributed by atoms with Gasteiger partial charge in [-0.05, 0) is 19.8 Å². The molecule has 2 heterocycles. The third-order valence-corrected chi connectivity index (χ3v) is 5.50. The zero-order valence-electron chi connectivity index (χ0n) is 11.8. The van der Waals surface area contributed by atoms with Crippen molar-refractivity contribution in [3.05, 3.63) is 12.0 Å². The summed E-state index contributed by atoms with van der Waals surface area (Å²) >= 11 is 0. The summed E-state index contributed by atoms with van der Waals surface area (Å²) in [5, 5.41) is 9.08. The minimum absolute atomic E-state index is 0.00455. The molecule has 0 bridgehead atoms. The van der Waals surface area contributed by atoms with Gasteiger partial charge in [-0.15, -0.1) is 0 Å². The summed E-state index contributed by atoms with van der Waals surface area (Å²) in [5.41, 5.74) is 0. The first-order chi connectivity index (χ1) is 9.27. The molecular weight excluding hydrogens is 282 g/mol. The van der Waals surface area contributed by atoms with Crippen LogP contribution in [0.1, 0.15) is 19.7 Å². The number of aliphatic carboxylic acids is 1. The second kappa shape index (κ2) is 5.17. The van der Waals surface area contributed by atoms with Gasteiger partial charge >= 0.3 is 5.97 Å². The summed E-state index contributed by atoms with van der Waals surface area (Å²) < 4.78 is 27.9. The molecule has 7 nitrogen and oxygen atoms in total. The number of imidazole rings is 1. The van der Waals surface area contributed by atoms with E-state index in [1.807, 2.05) is 6.92 Å². The lowest BCUT2D eigenvalue weighted by atomic mass is 9.99. The van der Waals surface area contributed by atoms with Crippen LogP contribution in [0.4, 0.5) is 0 Å². The Morgan fingerprint density at radius 1 is 1.50 bits per heavy atom. The molecule has 0 unspecified atom stereocenters. The van der Waals surface area contributed by atoms with Crippen molar-refractivity contribution in [2.75, 3.05) is 13.1 Å². The van der Waals surface area contributed by atoms with Crippen LogP contribution in [0.3, 0.4) is 0 Å². The van der Waals surface area contributed by atoms with E-state index in [0.29, 0.717) is 12.4 Å².